The van der Waals surface area contributed by atoms with Gasteiger partial charge in [0, 0.05) is 38.9 Å². The average Bonchev–Trinajstić information content (AvgIpc) is 3.66. The molecule has 0 atom stereocenters. The first kappa shape index (κ1) is 33.2. The second-order valence-electron chi connectivity index (χ2n) is 14.7. The van der Waals surface area contributed by atoms with Crippen molar-refractivity contribution in [1.82, 2.24) is 4.57 Å². The second-order valence-corrected chi connectivity index (χ2v) is 14.7. The van der Waals surface area contributed by atoms with E-state index in [1.807, 2.05) is 25.2 Å². The lowest BCUT2D eigenvalue weighted by atomic mass is 9.82. The maximum Gasteiger partial charge on any atom is 0.0541 e. The van der Waals surface area contributed by atoms with Gasteiger partial charge in [-0.05, 0) is 118 Å². The molecule has 54 heavy (non-hydrogen) atoms. The van der Waals surface area contributed by atoms with Gasteiger partial charge in [-0.1, -0.05) is 142 Å². The molecule has 0 spiro atoms. The Morgan fingerprint density at radius 1 is 0.556 bits per heavy atom. The normalized spacial score (nSPS) is 13.2. The molecular formula is C52H42N2. The summed E-state index contributed by atoms with van der Waals surface area (Å²) in [6.45, 7) is 11.0. The third-order valence-corrected chi connectivity index (χ3v) is 11.1. The first-order valence-corrected chi connectivity index (χ1v) is 18.7. The van der Waals surface area contributed by atoms with Gasteiger partial charge in [0.15, 0.2) is 0 Å². The predicted molar refractivity (Wildman–Crippen MR) is 231 cm³/mol. The van der Waals surface area contributed by atoms with Crippen LogP contribution in [0, 0.1) is 0 Å². The van der Waals surface area contributed by atoms with Crippen molar-refractivity contribution in [3.8, 4) is 27.9 Å². The zero-order valence-corrected chi connectivity index (χ0v) is 31.0. The largest absolute Gasteiger partial charge is 0.310 e. The molecule has 0 fully saturated rings. The van der Waals surface area contributed by atoms with E-state index >= 15 is 0 Å². The first-order valence-electron chi connectivity index (χ1n) is 18.7. The van der Waals surface area contributed by atoms with Crippen molar-refractivity contribution >= 4 is 44.4 Å². The molecule has 260 valence electrons. The molecule has 0 N–H and O–H groups in total. The molecule has 0 unspecified atom stereocenters. The second kappa shape index (κ2) is 13.4. The van der Waals surface area contributed by atoms with Crippen molar-refractivity contribution in [3.63, 3.8) is 0 Å². The van der Waals surface area contributed by atoms with Gasteiger partial charge >= 0.3 is 0 Å². The minimum absolute atomic E-state index is 0.0714. The topological polar surface area (TPSA) is 8.17 Å². The van der Waals surface area contributed by atoms with Crippen molar-refractivity contribution in [3.05, 3.63) is 211 Å². The van der Waals surface area contributed by atoms with E-state index < -0.39 is 0 Å². The Kier molecular flexibility index (Phi) is 8.24. The summed E-state index contributed by atoms with van der Waals surface area (Å²) in [5.41, 5.74) is 16.8. The lowest BCUT2D eigenvalue weighted by molar-refractivity contribution is 0.660. The van der Waals surface area contributed by atoms with Crippen LogP contribution >= 0.6 is 0 Å². The van der Waals surface area contributed by atoms with E-state index in [0.29, 0.717) is 0 Å². The summed E-state index contributed by atoms with van der Waals surface area (Å²) in [6, 6.07) is 59.8. The van der Waals surface area contributed by atoms with Crippen LogP contribution in [0.2, 0.25) is 0 Å². The van der Waals surface area contributed by atoms with E-state index in [1.165, 1.54) is 55.2 Å². The molecule has 1 heterocycles. The van der Waals surface area contributed by atoms with E-state index in [0.717, 1.165) is 33.9 Å². The van der Waals surface area contributed by atoms with Crippen molar-refractivity contribution < 1.29 is 0 Å². The standard InChI is InChI=1S/C52H42N2/c1-5-6-8-15-36(2)37-22-27-42(28-23-37)54-50-21-14-12-19-46(50)47-34-39(26-33-51(47)54)38-24-29-41(30-25-38)53(40-16-9-7-10-17-40)43-31-32-45-44-18-11-13-20-48(44)52(3,4)49(45)35-43/h5-35H,2H2,1,3-4H3/b6-5-,15-8-. The zero-order chi connectivity index (χ0) is 36.8. The summed E-state index contributed by atoms with van der Waals surface area (Å²) < 4.78 is 2.37. The lowest BCUT2D eigenvalue weighted by Gasteiger charge is -2.28. The molecule has 0 amide bonds. The van der Waals surface area contributed by atoms with Gasteiger partial charge in [0.25, 0.3) is 0 Å². The number of fused-ring (bicyclic) bond motifs is 6. The van der Waals surface area contributed by atoms with Crippen LogP contribution in [0.15, 0.2) is 195 Å². The molecular weight excluding hydrogens is 653 g/mol. The summed E-state index contributed by atoms with van der Waals surface area (Å²) in [4.78, 5) is 2.37. The quantitative estimate of drug-likeness (QED) is 0.144. The van der Waals surface area contributed by atoms with Gasteiger partial charge in [0.05, 0.1) is 11.0 Å². The van der Waals surface area contributed by atoms with Crippen LogP contribution in [0.3, 0.4) is 0 Å². The predicted octanol–water partition coefficient (Wildman–Crippen LogP) is 14.4. The molecule has 1 aliphatic carbocycles. The van der Waals surface area contributed by atoms with E-state index in [1.54, 1.807) is 0 Å². The van der Waals surface area contributed by atoms with Gasteiger partial charge in [0.2, 0.25) is 0 Å². The Bertz CT molecular complexity index is 2740. The number of hydrogen-bond acceptors (Lipinski definition) is 1. The van der Waals surface area contributed by atoms with Crippen LogP contribution in [0.5, 0.6) is 0 Å². The van der Waals surface area contributed by atoms with Crippen LogP contribution in [0.25, 0.3) is 55.3 Å². The van der Waals surface area contributed by atoms with Crippen molar-refractivity contribution in [2.45, 2.75) is 26.2 Å². The maximum atomic E-state index is 4.27. The van der Waals surface area contributed by atoms with Crippen molar-refractivity contribution in [1.29, 1.82) is 0 Å². The third kappa shape index (κ3) is 5.59. The van der Waals surface area contributed by atoms with Crippen molar-refractivity contribution in [2.24, 2.45) is 0 Å². The van der Waals surface area contributed by atoms with Crippen LogP contribution in [0.4, 0.5) is 17.1 Å². The molecule has 2 heteroatoms. The number of aromatic nitrogens is 1. The number of rotatable bonds is 8. The molecule has 2 nitrogen and oxygen atoms in total. The Labute approximate surface area is 318 Å². The first-order chi connectivity index (χ1) is 26.4. The molecule has 0 radical (unpaired) electrons. The minimum atomic E-state index is -0.0714. The molecule has 0 bridgehead atoms. The summed E-state index contributed by atoms with van der Waals surface area (Å²) in [5.74, 6) is 0. The molecule has 7 aromatic carbocycles. The number of anilines is 3. The maximum absolute atomic E-state index is 4.27. The molecule has 0 saturated carbocycles. The van der Waals surface area contributed by atoms with Gasteiger partial charge in [0.1, 0.15) is 0 Å². The highest BCUT2D eigenvalue weighted by molar-refractivity contribution is 6.10. The van der Waals surface area contributed by atoms with Crippen LogP contribution < -0.4 is 4.90 Å². The summed E-state index contributed by atoms with van der Waals surface area (Å²) >= 11 is 0. The van der Waals surface area contributed by atoms with E-state index in [2.05, 4.69) is 200 Å². The third-order valence-electron chi connectivity index (χ3n) is 11.1. The molecule has 1 aliphatic rings. The average molecular weight is 695 g/mol. The van der Waals surface area contributed by atoms with Gasteiger partial charge in [-0.25, -0.2) is 0 Å². The number of nitrogens with zero attached hydrogens (tertiary/aromatic N) is 2. The van der Waals surface area contributed by atoms with E-state index in [4.69, 9.17) is 0 Å². The Morgan fingerprint density at radius 2 is 1.20 bits per heavy atom. The molecule has 9 rings (SSSR count). The Balaban J connectivity index is 1.08. The molecule has 0 saturated heterocycles. The highest BCUT2D eigenvalue weighted by Gasteiger charge is 2.35. The Hall–Kier alpha value is -6.64. The van der Waals surface area contributed by atoms with Gasteiger partial charge in [-0.2, -0.15) is 0 Å². The fourth-order valence-corrected chi connectivity index (χ4v) is 8.29. The number of hydrogen-bond donors (Lipinski definition) is 0. The zero-order valence-electron chi connectivity index (χ0n) is 31.0. The fourth-order valence-electron chi connectivity index (χ4n) is 8.29. The summed E-state index contributed by atoms with van der Waals surface area (Å²) in [7, 11) is 0. The monoisotopic (exact) mass is 694 g/mol. The number of allylic oxidation sites excluding steroid dienone is 5. The minimum Gasteiger partial charge on any atom is -0.310 e. The van der Waals surface area contributed by atoms with Crippen molar-refractivity contribution in [2.75, 3.05) is 4.90 Å². The Morgan fingerprint density at radius 3 is 2.00 bits per heavy atom. The fraction of sp³-hybridized carbons (Fsp3) is 0.0769. The summed E-state index contributed by atoms with van der Waals surface area (Å²) in [5, 5.41) is 2.48. The molecule has 1 aromatic heterocycles. The number of benzene rings is 7. The molecule has 0 aliphatic heterocycles. The lowest BCUT2D eigenvalue weighted by Crippen LogP contribution is -2.16. The van der Waals surface area contributed by atoms with Crippen LogP contribution in [0.1, 0.15) is 37.5 Å². The highest BCUT2D eigenvalue weighted by atomic mass is 15.1. The van der Waals surface area contributed by atoms with E-state index in [-0.39, 0.29) is 5.41 Å². The van der Waals surface area contributed by atoms with Crippen LogP contribution in [-0.4, -0.2) is 4.57 Å². The highest BCUT2D eigenvalue weighted by Crippen LogP contribution is 2.50. The van der Waals surface area contributed by atoms with E-state index in [9.17, 15) is 0 Å². The molecule has 8 aromatic rings. The number of para-hydroxylation sites is 2. The van der Waals surface area contributed by atoms with Gasteiger partial charge in [-0.15, -0.1) is 0 Å². The summed E-state index contributed by atoms with van der Waals surface area (Å²) in [6.07, 6.45) is 8.12. The SMILES string of the molecule is C=C(/C=C\C=C/C)c1ccc(-n2c3ccccc3c3cc(-c4ccc(N(c5ccccc5)c5ccc6c(c5)C(C)(C)c5ccccc5-6)cc4)ccc32)cc1. The van der Waals surface area contributed by atoms with Gasteiger partial charge < -0.3 is 9.47 Å². The van der Waals surface area contributed by atoms with Gasteiger partial charge in [-0.3, -0.25) is 0 Å². The smallest absolute Gasteiger partial charge is 0.0541 e. The van der Waals surface area contributed by atoms with Crippen LogP contribution in [-0.2, 0) is 5.41 Å².